The number of pyridine rings is 1. The zero-order chi connectivity index (χ0) is 22.6. The number of hydroxylamine groups is 1. The number of aromatic nitrogens is 2. The van der Waals surface area contributed by atoms with E-state index in [1.54, 1.807) is 11.6 Å². The monoisotopic (exact) mass is 429 g/mol. The smallest absolute Gasteiger partial charge is 0.267 e. The average molecular weight is 430 g/mol. The first-order valence-corrected chi connectivity index (χ1v) is 11.1. The van der Waals surface area contributed by atoms with Crippen LogP contribution >= 0.6 is 0 Å². The second kappa shape index (κ2) is 12.7. The Morgan fingerprint density at radius 1 is 1.26 bits per heavy atom. The predicted octanol–water partition coefficient (Wildman–Crippen LogP) is 3.55. The van der Waals surface area contributed by atoms with E-state index < -0.39 is 5.91 Å². The highest BCUT2D eigenvalue weighted by Crippen LogP contribution is 2.22. The molecule has 31 heavy (non-hydrogen) atoms. The van der Waals surface area contributed by atoms with E-state index in [0.29, 0.717) is 25.4 Å². The van der Waals surface area contributed by atoms with Crippen LogP contribution in [0.5, 0.6) is 0 Å². The largest absolute Gasteiger partial charge is 0.369 e. The van der Waals surface area contributed by atoms with Crippen LogP contribution in [0, 0.1) is 5.92 Å². The third-order valence-electron chi connectivity index (χ3n) is 4.88. The van der Waals surface area contributed by atoms with E-state index in [2.05, 4.69) is 31.4 Å². The van der Waals surface area contributed by atoms with Gasteiger partial charge >= 0.3 is 0 Å². The Bertz CT molecular complexity index is 889. The van der Waals surface area contributed by atoms with Crippen molar-refractivity contribution in [2.45, 2.75) is 59.3 Å². The molecule has 0 unspecified atom stereocenters. The van der Waals surface area contributed by atoms with Gasteiger partial charge in [0, 0.05) is 31.8 Å². The summed E-state index contributed by atoms with van der Waals surface area (Å²) >= 11 is 0. The molecule has 0 aliphatic carbocycles. The van der Waals surface area contributed by atoms with Crippen LogP contribution in [0.2, 0.25) is 0 Å². The van der Waals surface area contributed by atoms with E-state index in [4.69, 9.17) is 10.2 Å². The number of imidazole rings is 1. The first-order chi connectivity index (χ1) is 14.9. The Morgan fingerprint density at radius 3 is 2.77 bits per heavy atom. The van der Waals surface area contributed by atoms with Gasteiger partial charge in [-0.15, -0.1) is 0 Å². The zero-order valence-electron chi connectivity index (χ0n) is 18.8. The van der Waals surface area contributed by atoms with Crippen molar-refractivity contribution >= 4 is 29.4 Å². The lowest BCUT2D eigenvalue weighted by molar-refractivity contribution is -0.124. The second-order valence-corrected chi connectivity index (χ2v) is 8.09. The third-order valence-corrected chi connectivity index (χ3v) is 4.88. The number of hydrogen-bond acceptors (Lipinski definition) is 5. The van der Waals surface area contributed by atoms with Gasteiger partial charge in [-0.05, 0) is 42.5 Å². The summed E-state index contributed by atoms with van der Waals surface area (Å²) in [5, 5.41) is 15.0. The van der Waals surface area contributed by atoms with Crippen molar-refractivity contribution in [2.75, 3.05) is 18.4 Å². The Balaban J connectivity index is 2.14. The fraction of sp³-hybridized carbons (Fsp3) is 0.522. The van der Waals surface area contributed by atoms with Crippen LogP contribution in [-0.2, 0) is 16.0 Å². The summed E-state index contributed by atoms with van der Waals surface area (Å²) in [4.78, 5) is 28.0. The average Bonchev–Trinajstić information content (AvgIpc) is 3.10. The molecule has 2 aromatic rings. The molecule has 2 amide bonds. The van der Waals surface area contributed by atoms with Gasteiger partial charge in [-0.3, -0.25) is 19.2 Å². The third kappa shape index (κ3) is 8.05. The Kier molecular flexibility index (Phi) is 10.0. The van der Waals surface area contributed by atoms with Crippen LogP contribution in [-0.4, -0.2) is 39.5 Å². The molecule has 0 aromatic carbocycles. The summed E-state index contributed by atoms with van der Waals surface area (Å²) in [6, 6.07) is 3.76. The molecular formula is C23H35N5O3. The zero-order valence-corrected chi connectivity index (χ0v) is 18.8. The summed E-state index contributed by atoms with van der Waals surface area (Å²) in [5.41, 5.74) is 4.13. The maximum Gasteiger partial charge on any atom is 0.267 e. The summed E-state index contributed by atoms with van der Waals surface area (Å²) < 4.78 is 1.98. The van der Waals surface area contributed by atoms with E-state index in [-0.39, 0.29) is 5.91 Å². The lowest BCUT2D eigenvalue weighted by atomic mass is 10.1. The molecule has 0 saturated heterocycles. The van der Waals surface area contributed by atoms with E-state index >= 15 is 0 Å². The highest BCUT2D eigenvalue weighted by atomic mass is 16.5. The maximum atomic E-state index is 12.0. The summed E-state index contributed by atoms with van der Waals surface area (Å²) in [6.07, 6.45) is 10.6. The van der Waals surface area contributed by atoms with Crippen LogP contribution in [0.1, 0.15) is 64.1 Å². The van der Waals surface area contributed by atoms with Crippen molar-refractivity contribution in [3.63, 3.8) is 0 Å². The Morgan fingerprint density at radius 2 is 2.06 bits per heavy atom. The molecule has 0 fully saturated rings. The molecule has 0 aliphatic rings. The highest BCUT2D eigenvalue weighted by molar-refractivity contribution is 5.90. The van der Waals surface area contributed by atoms with E-state index in [1.807, 2.05) is 22.7 Å². The summed E-state index contributed by atoms with van der Waals surface area (Å²) in [7, 11) is 0. The molecule has 0 spiro atoms. The molecular weight excluding hydrogens is 394 g/mol. The van der Waals surface area contributed by atoms with Gasteiger partial charge in [-0.2, -0.15) is 0 Å². The number of amides is 2. The number of nitrogens with zero attached hydrogens (tertiary/aromatic N) is 2. The van der Waals surface area contributed by atoms with Gasteiger partial charge in [0.05, 0.1) is 5.69 Å². The standard InChI is InChI=1S/C23H35N5O3/c1-4-5-6-7-8-19-23(24-13-11-21(29)25-16-17(2)3)28-14-12-18(15-20(28)26-19)9-10-22(30)27-31/h9-10,12,14-15,17,24,31H,4-8,11,13,16H2,1-3H3,(H,25,29)(H,27,30)/b10-9+. The van der Waals surface area contributed by atoms with Crippen molar-refractivity contribution in [1.82, 2.24) is 20.2 Å². The minimum atomic E-state index is -0.585. The number of aryl methyl sites for hydroxylation is 1. The van der Waals surface area contributed by atoms with Gasteiger partial charge in [0.1, 0.15) is 11.5 Å². The molecule has 4 N–H and O–H groups in total. The number of unbranched alkanes of at least 4 members (excludes halogenated alkanes) is 3. The van der Waals surface area contributed by atoms with Crippen molar-refractivity contribution in [3.05, 3.63) is 35.7 Å². The minimum absolute atomic E-state index is 0.0362. The quantitative estimate of drug-likeness (QED) is 0.169. The predicted molar refractivity (Wildman–Crippen MR) is 123 cm³/mol. The molecule has 0 aliphatic heterocycles. The lowest BCUT2D eigenvalue weighted by Gasteiger charge is -2.10. The first-order valence-electron chi connectivity index (χ1n) is 11.1. The Hall–Kier alpha value is -2.87. The normalized spacial score (nSPS) is 11.4. The number of carbonyl (C=O) groups is 2. The molecule has 2 aromatic heterocycles. The second-order valence-electron chi connectivity index (χ2n) is 8.09. The van der Waals surface area contributed by atoms with E-state index in [9.17, 15) is 9.59 Å². The van der Waals surface area contributed by atoms with Crippen LogP contribution < -0.4 is 16.1 Å². The van der Waals surface area contributed by atoms with Gasteiger partial charge in [0.2, 0.25) is 5.91 Å². The number of nitrogens with one attached hydrogen (secondary N) is 3. The van der Waals surface area contributed by atoms with Crippen LogP contribution in [0.3, 0.4) is 0 Å². The van der Waals surface area contributed by atoms with Gasteiger partial charge in [-0.25, -0.2) is 10.5 Å². The lowest BCUT2D eigenvalue weighted by Crippen LogP contribution is -2.28. The molecule has 0 bridgehead atoms. The van der Waals surface area contributed by atoms with Crippen LogP contribution in [0.4, 0.5) is 5.82 Å². The highest BCUT2D eigenvalue weighted by Gasteiger charge is 2.13. The van der Waals surface area contributed by atoms with E-state index in [0.717, 1.165) is 42.0 Å². The maximum absolute atomic E-state index is 12.0. The van der Waals surface area contributed by atoms with Crippen molar-refractivity contribution in [3.8, 4) is 0 Å². The molecule has 170 valence electrons. The summed E-state index contributed by atoms with van der Waals surface area (Å²) in [6.45, 7) is 7.54. The Labute approximate surface area is 184 Å². The SMILES string of the molecule is CCCCCCc1nc2cc(/C=C/C(=O)NO)ccn2c1NCCC(=O)NCC(C)C. The molecule has 0 atom stereocenters. The molecule has 8 nitrogen and oxygen atoms in total. The van der Waals surface area contributed by atoms with Crippen molar-refractivity contribution in [2.24, 2.45) is 5.92 Å². The van der Waals surface area contributed by atoms with Crippen LogP contribution in [0.15, 0.2) is 24.4 Å². The number of rotatable bonds is 13. The topological polar surface area (TPSA) is 108 Å². The van der Waals surface area contributed by atoms with Gasteiger partial charge in [-0.1, -0.05) is 40.0 Å². The fourth-order valence-electron chi connectivity index (χ4n) is 3.20. The summed E-state index contributed by atoms with van der Waals surface area (Å²) in [5.74, 6) is 0.788. The van der Waals surface area contributed by atoms with E-state index in [1.165, 1.54) is 18.9 Å². The molecule has 0 radical (unpaired) electrons. The van der Waals surface area contributed by atoms with Gasteiger partial charge < -0.3 is 10.6 Å². The van der Waals surface area contributed by atoms with Crippen LogP contribution in [0.25, 0.3) is 11.7 Å². The van der Waals surface area contributed by atoms with Crippen molar-refractivity contribution in [1.29, 1.82) is 0 Å². The number of hydrogen-bond donors (Lipinski definition) is 4. The fourth-order valence-corrected chi connectivity index (χ4v) is 3.20. The van der Waals surface area contributed by atoms with Gasteiger partial charge in [0.25, 0.3) is 5.91 Å². The van der Waals surface area contributed by atoms with Crippen molar-refractivity contribution < 1.29 is 14.8 Å². The number of carbonyl (C=O) groups excluding carboxylic acids is 2. The first kappa shape index (κ1) is 24.4. The number of fused-ring (bicyclic) bond motifs is 1. The molecule has 0 saturated carbocycles. The minimum Gasteiger partial charge on any atom is -0.369 e. The molecule has 8 heteroatoms. The molecule has 2 rings (SSSR count). The van der Waals surface area contributed by atoms with Gasteiger partial charge in [0.15, 0.2) is 0 Å². The number of anilines is 1. The molecule has 2 heterocycles.